The van der Waals surface area contributed by atoms with Crippen LogP contribution in [0.2, 0.25) is 0 Å². The lowest BCUT2D eigenvalue weighted by molar-refractivity contribution is 0.177. The Morgan fingerprint density at radius 2 is 2.00 bits per heavy atom. The van der Waals surface area contributed by atoms with Crippen molar-refractivity contribution >= 4 is 5.69 Å². The standard InChI is InChI=1S/C15H21N3O3/c1-15(2,3)10-4-6-11(7-5-10)16-9-12(19)8-13-17-18-14(20)21-13/h4-7,12,16,19H,8-9H2,1-3H3,(H,18,20). The van der Waals surface area contributed by atoms with E-state index in [2.05, 4.69) is 48.4 Å². The fourth-order valence-electron chi connectivity index (χ4n) is 1.95. The van der Waals surface area contributed by atoms with E-state index < -0.39 is 11.9 Å². The van der Waals surface area contributed by atoms with Gasteiger partial charge in [-0.3, -0.25) is 0 Å². The minimum absolute atomic E-state index is 0.121. The first-order chi connectivity index (χ1) is 9.84. The summed E-state index contributed by atoms with van der Waals surface area (Å²) in [6.07, 6.45) is -0.495. The molecular weight excluding hydrogens is 270 g/mol. The van der Waals surface area contributed by atoms with Gasteiger partial charge in [-0.05, 0) is 23.1 Å². The lowest BCUT2D eigenvalue weighted by Gasteiger charge is -2.19. The summed E-state index contributed by atoms with van der Waals surface area (Å²) in [5.41, 5.74) is 2.31. The highest BCUT2D eigenvalue weighted by Crippen LogP contribution is 2.23. The molecule has 2 aromatic rings. The molecule has 21 heavy (non-hydrogen) atoms. The molecule has 1 aromatic carbocycles. The number of aromatic nitrogens is 2. The summed E-state index contributed by atoms with van der Waals surface area (Å²) in [5, 5.41) is 18.8. The lowest BCUT2D eigenvalue weighted by Crippen LogP contribution is -2.22. The molecule has 0 saturated carbocycles. The van der Waals surface area contributed by atoms with Gasteiger partial charge in [-0.2, -0.15) is 0 Å². The summed E-state index contributed by atoms with van der Waals surface area (Å²) in [7, 11) is 0. The molecule has 0 radical (unpaired) electrons. The molecule has 1 heterocycles. The fourth-order valence-corrected chi connectivity index (χ4v) is 1.95. The first-order valence-corrected chi connectivity index (χ1v) is 6.91. The minimum atomic E-state index is -0.682. The first-order valence-electron chi connectivity index (χ1n) is 6.91. The van der Waals surface area contributed by atoms with Crippen molar-refractivity contribution in [3.05, 3.63) is 46.3 Å². The van der Waals surface area contributed by atoms with E-state index in [9.17, 15) is 9.90 Å². The highest BCUT2D eigenvalue weighted by molar-refractivity contribution is 5.45. The molecule has 0 fully saturated rings. The zero-order chi connectivity index (χ0) is 15.5. The molecule has 0 aliphatic heterocycles. The number of hydrogen-bond acceptors (Lipinski definition) is 5. The summed E-state index contributed by atoms with van der Waals surface area (Å²) >= 11 is 0. The van der Waals surface area contributed by atoms with E-state index in [4.69, 9.17) is 4.42 Å². The maximum atomic E-state index is 10.8. The average Bonchev–Trinajstić information content (AvgIpc) is 2.81. The van der Waals surface area contributed by atoms with Crippen LogP contribution in [0.5, 0.6) is 0 Å². The van der Waals surface area contributed by atoms with Crippen LogP contribution in [-0.4, -0.2) is 28.0 Å². The van der Waals surface area contributed by atoms with Crippen LogP contribution in [0.15, 0.2) is 33.5 Å². The van der Waals surface area contributed by atoms with E-state index >= 15 is 0 Å². The van der Waals surface area contributed by atoms with Crippen LogP contribution in [0.3, 0.4) is 0 Å². The number of aliphatic hydroxyl groups excluding tert-OH is 1. The molecule has 6 heteroatoms. The second-order valence-corrected chi connectivity index (χ2v) is 6.07. The normalized spacial score (nSPS) is 13.1. The Morgan fingerprint density at radius 1 is 1.33 bits per heavy atom. The Balaban J connectivity index is 1.86. The van der Waals surface area contributed by atoms with E-state index in [1.54, 1.807) is 0 Å². The average molecular weight is 291 g/mol. The van der Waals surface area contributed by atoms with Gasteiger partial charge in [-0.15, -0.1) is 5.10 Å². The van der Waals surface area contributed by atoms with Crippen LogP contribution in [0.1, 0.15) is 32.2 Å². The van der Waals surface area contributed by atoms with Gasteiger partial charge in [0.2, 0.25) is 5.89 Å². The predicted octanol–water partition coefficient (Wildman–Crippen LogP) is 1.68. The molecule has 0 aliphatic rings. The van der Waals surface area contributed by atoms with Crippen molar-refractivity contribution in [2.45, 2.75) is 38.7 Å². The molecule has 0 aliphatic carbocycles. The molecular formula is C15H21N3O3. The highest BCUT2D eigenvalue weighted by atomic mass is 16.4. The molecule has 1 unspecified atom stereocenters. The number of aromatic amines is 1. The highest BCUT2D eigenvalue weighted by Gasteiger charge is 2.13. The smallest absolute Gasteiger partial charge is 0.392 e. The maximum Gasteiger partial charge on any atom is 0.434 e. The molecule has 114 valence electrons. The van der Waals surface area contributed by atoms with Crippen molar-refractivity contribution in [1.29, 1.82) is 0 Å². The monoisotopic (exact) mass is 291 g/mol. The molecule has 3 N–H and O–H groups in total. The van der Waals surface area contributed by atoms with Crippen LogP contribution in [0, 0.1) is 0 Å². The van der Waals surface area contributed by atoms with E-state index in [0.29, 0.717) is 6.54 Å². The molecule has 2 rings (SSSR count). The third kappa shape index (κ3) is 4.46. The topological polar surface area (TPSA) is 91.1 Å². The van der Waals surface area contributed by atoms with Gasteiger partial charge in [0.1, 0.15) is 0 Å². The minimum Gasteiger partial charge on any atom is -0.392 e. The fraction of sp³-hybridized carbons (Fsp3) is 0.467. The summed E-state index contributed by atoms with van der Waals surface area (Å²) in [6.45, 7) is 6.84. The van der Waals surface area contributed by atoms with Crippen molar-refractivity contribution in [1.82, 2.24) is 10.2 Å². The van der Waals surface area contributed by atoms with Gasteiger partial charge in [0.15, 0.2) is 0 Å². The molecule has 1 aromatic heterocycles. The molecule has 0 bridgehead atoms. The van der Waals surface area contributed by atoms with Gasteiger partial charge >= 0.3 is 5.76 Å². The Kier molecular flexibility index (Phi) is 4.47. The van der Waals surface area contributed by atoms with Crippen LogP contribution < -0.4 is 11.1 Å². The molecule has 0 saturated heterocycles. The van der Waals surface area contributed by atoms with Crippen molar-refractivity contribution in [2.75, 3.05) is 11.9 Å². The number of benzene rings is 1. The third-order valence-corrected chi connectivity index (χ3v) is 3.19. The Hall–Kier alpha value is -2.08. The first kappa shape index (κ1) is 15.3. The number of hydrogen-bond donors (Lipinski definition) is 3. The summed E-state index contributed by atoms with van der Waals surface area (Å²) in [6, 6.07) is 8.12. The van der Waals surface area contributed by atoms with Gasteiger partial charge in [0.25, 0.3) is 0 Å². The number of aliphatic hydroxyl groups is 1. The summed E-state index contributed by atoms with van der Waals surface area (Å²) < 4.78 is 4.75. The van der Waals surface area contributed by atoms with Crippen molar-refractivity contribution in [3.63, 3.8) is 0 Å². The largest absolute Gasteiger partial charge is 0.434 e. The van der Waals surface area contributed by atoms with Crippen LogP contribution in [0.4, 0.5) is 5.69 Å². The molecule has 0 amide bonds. The number of H-pyrrole nitrogens is 1. The molecule has 0 spiro atoms. The number of nitrogens with one attached hydrogen (secondary N) is 2. The summed E-state index contributed by atoms with van der Waals surface area (Å²) in [4.78, 5) is 10.8. The summed E-state index contributed by atoms with van der Waals surface area (Å²) in [5.74, 6) is -0.402. The van der Waals surface area contributed by atoms with Crippen molar-refractivity contribution in [3.8, 4) is 0 Å². The Bertz CT molecular complexity index is 623. The van der Waals surface area contributed by atoms with E-state index in [1.807, 2.05) is 12.1 Å². The van der Waals surface area contributed by atoms with E-state index in [0.717, 1.165) is 5.69 Å². The quantitative estimate of drug-likeness (QED) is 0.779. The second-order valence-electron chi connectivity index (χ2n) is 6.07. The van der Waals surface area contributed by atoms with Gasteiger partial charge in [-0.1, -0.05) is 32.9 Å². The third-order valence-electron chi connectivity index (χ3n) is 3.19. The van der Waals surface area contributed by atoms with E-state index in [-0.39, 0.29) is 17.7 Å². The lowest BCUT2D eigenvalue weighted by atomic mass is 9.87. The van der Waals surface area contributed by atoms with Crippen LogP contribution >= 0.6 is 0 Å². The number of nitrogens with zero attached hydrogens (tertiary/aromatic N) is 1. The number of anilines is 1. The Morgan fingerprint density at radius 3 is 2.52 bits per heavy atom. The zero-order valence-electron chi connectivity index (χ0n) is 12.5. The second kappa shape index (κ2) is 6.13. The zero-order valence-corrected chi connectivity index (χ0v) is 12.5. The van der Waals surface area contributed by atoms with Gasteiger partial charge < -0.3 is 14.8 Å². The maximum absolute atomic E-state index is 10.8. The van der Waals surface area contributed by atoms with Crippen LogP contribution in [0.25, 0.3) is 0 Å². The van der Waals surface area contributed by atoms with E-state index in [1.165, 1.54) is 5.56 Å². The predicted molar refractivity (Wildman–Crippen MR) is 80.5 cm³/mol. The van der Waals surface area contributed by atoms with Gasteiger partial charge in [-0.25, -0.2) is 9.89 Å². The van der Waals surface area contributed by atoms with Gasteiger partial charge in [0.05, 0.1) is 12.5 Å². The Labute approximate surface area is 123 Å². The van der Waals surface area contributed by atoms with Crippen molar-refractivity contribution < 1.29 is 9.52 Å². The number of rotatable bonds is 5. The van der Waals surface area contributed by atoms with Gasteiger partial charge in [0, 0.05) is 12.2 Å². The molecule has 6 nitrogen and oxygen atoms in total. The van der Waals surface area contributed by atoms with Crippen LogP contribution in [-0.2, 0) is 11.8 Å². The molecule has 1 atom stereocenters. The SMILES string of the molecule is CC(C)(C)c1ccc(NCC(O)Cc2n[nH]c(=O)o2)cc1. The van der Waals surface area contributed by atoms with Crippen molar-refractivity contribution in [2.24, 2.45) is 0 Å².